The fourth-order valence-electron chi connectivity index (χ4n) is 3.15. The first-order valence-electron chi connectivity index (χ1n) is 8.11. The second-order valence-corrected chi connectivity index (χ2v) is 5.96. The molecule has 1 atom stereocenters. The van der Waals surface area contributed by atoms with Crippen molar-refractivity contribution in [1.82, 2.24) is 4.90 Å². The lowest BCUT2D eigenvalue weighted by molar-refractivity contribution is 0.188. The first kappa shape index (κ1) is 17.1. The molecule has 0 aromatic heterocycles. The molecule has 0 radical (unpaired) electrons. The molecule has 5 nitrogen and oxygen atoms in total. The van der Waals surface area contributed by atoms with Crippen molar-refractivity contribution < 1.29 is 18.7 Å². The summed E-state index contributed by atoms with van der Waals surface area (Å²) in [5.74, 6) is 1.01. The number of carbonyl (C=O) groups excluding carboxylic acids is 1. The van der Waals surface area contributed by atoms with Gasteiger partial charge in [-0.05, 0) is 60.9 Å². The molecule has 2 aromatic carbocycles. The SMILES string of the molecule is COc1cc2c(cc1OC)[C@H](C)N(C(=O)Nc1ccc(F)cc1)CC2. The van der Waals surface area contributed by atoms with E-state index in [-0.39, 0.29) is 17.9 Å². The van der Waals surface area contributed by atoms with Crippen LogP contribution in [0.2, 0.25) is 0 Å². The Morgan fingerprint density at radius 1 is 1.16 bits per heavy atom. The largest absolute Gasteiger partial charge is 0.493 e. The van der Waals surface area contributed by atoms with Gasteiger partial charge in [0.2, 0.25) is 0 Å². The smallest absolute Gasteiger partial charge is 0.322 e. The summed E-state index contributed by atoms with van der Waals surface area (Å²) in [4.78, 5) is 14.4. The molecule has 1 aliphatic rings. The molecule has 3 rings (SSSR count). The monoisotopic (exact) mass is 344 g/mol. The molecule has 25 heavy (non-hydrogen) atoms. The Labute approximate surface area is 146 Å². The predicted octanol–water partition coefficient (Wildman–Crippen LogP) is 3.99. The van der Waals surface area contributed by atoms with Gasteiger partial charge in [-0.25, -0.2) is 9.18 Å². The number of nitrogens with zero attached hydrogens (tertiary/aromatic N) is 1. The summed E-state index contributed by atoms with van der Waals surface area (Å²) < 4.78 is 23.7. The molecule has 2 aromatic rings. The average molecular weight is 344 g/mol. The van der Waals surface area contributed by atoms with Gasteiger partial charge in [0.25, 0.3) is 0 Å². The number of hydrogen-bond donors (Lipinski definition) is 1. The maximum atomic E-state index is 13.0. The van der Waals surface area contributed by atoms with E-state index >= 15 is 0 Å². The number of benzene rings is 2. The number of methoxy groups -OCH3 is 2. The van der Waals surface area contributed by atoms with E-state index in [0.29, 0.717) is 23.7 Å². The summed E-state index contributed by atoms with van der Waals surface area (Å²) in [5.41, 5.74) is 2.76. The van der Waals surface area contributed by atoms with Crippen LogP contribution in [0.4, 0.5) is 14.9 Å². The molecular formula is C19H21FN2O3. The standard InChI is InChI=1S/C19H21FN2O3/c1-12-16-11-18(25-3)17(24-2)10-13(16)8-9-22(12)19(23)21-15-6-4-14(20)5-7-15/h4-7,10-12H,8-9H2,1-3H3,(H,21,23)/t12-/m0/s1. The highest BCUT2D eigenvalue weighted by Crippen LogP contribution is 2.38. The van der Waals surface area contributed by atoms with Crippen LogP contribution < -0.4 is 14.8 Å². The van der Waals surface area contributed by atoms with Crippen molar-refractivity contribution >= 4 is 11.7 Å². The number of nitrogens with one attached hydrogen (secondary N) is 1. The van der Waals surface area contributed by atoms with Crippen LogP contribution in [0.5, 0.6) is 11.5 Å². The van der Waals surface area contributed by atoms with Crippen molar-refractivity contribution in [2.24, 2.45) is 0 Å². The molecule has 1 aliphatic heterocycles. The molecule has 0 fully saturated rings. The number of carbonyl (C=O) groups is 1. The predicted molar refractivity (Wildman–Crippen MR) is 93.8 cm³/mol. The summed E-state index contributed by atoms with van der Waals surface area (Å²) >= 11 is 0. The molecule has 0 spiro atoms. The van der Waals surface area contributed by atoms with Crippen LogP contribution in [0.3, 0.4) is 0 Å². The first-order chi connectivity index (χ1) is 12.0. The summed E-state index contributed by atoms with van der Waals surface area (Å²) in [5, 5.41) is 2.82. The molecule has 0 unspecified atom stereocenters. The number of amides is 2. The quantitative estimate of drug-likeness (QED) is 0.916. The van der Waals surface area contributed by atoms with Gasteiger partial charge in [-0.15, -0.1) is 0 Å². The Balaban J connectivity index is 1.81. The van der Waals surface area contributed by atoms with Gasteiger partial charge in [-0.1, -0.05) is 0 Å². The van der Waals surface area contributed by atoms with Gasteiger partial charge < -0.3 is 19.7 Å². The number of ether oxygens (including phenoxy) is 2. The Bertz CT molecular complexity index is 777. The topological polar surface area (TPSA) is 50.8 Å². The molecule has 132 valence electrons. The minimum Gasteiger partial charge on any atom is -0.493 e. The molecule has 0 saturated heterocycles. The van der Waals surface area contributed by atoms with Gasteiger partial charge in [0, 0.05) is 12.2 Å². The van der Waals surface area contributed by atoms with Gasteiger partial charge >= 0.3 is 6.03 Å². The lowest BCUT2D eigenvalue weighted by atomic mass is 9.93. The van der Waals surface area contributed by atoms with E-state index in [1.165, 1.54) is 12.1 Å². The zero-order valence-electron chi connectivity index (χ0n) is 14.5. The number of rotatable bonds is 3. The molecule has 1 N–H and O–H groups in total. The van der Waals surface area contributed by atoms with Crippen molar-refractivity contribution in [3.05, 3.63) is 53.3 Å². The van der Waals surface area contributed by atoms with E-state index in [1.54, 1.807) is 31.3 Å². The van der Waals surface area contributed by atoms with Gasteiger partial charge in [0.15, 0.2) is 11.5 Å². The number of urea groups is 1. The van der Waals surface area contributed by atoms with E-state index in [4.69, 9.17) is 9.47 Å². The van der Waals surface area contributed by atoms with E-state index in [9.17, 15) is 9.18 Å². The normalized spacial score (nSPS) is 16.2. The Morgan fingerprint density at radius 3 is 2.44 bits per heavy atom. The number of halogens is 1. The van der Waals surface area contributed by atoms with E-state index in [1.807, 2.05) is 19.1 Å². The van der Waals surface area contributed by atoms with E-state index in [0.717, 1.165) is 17.5 Å². The second-order valence-electron chi connectivity index (χ2n) is 5.96. The highest BCUT2D eigenvalue weighted by Gasteiger charge is 2.29. The minimum absolute atomic E-state index is 0.107. The van der Waals surface area contributed by atoms with Crippen molar-refractivity contribution in [3.63, 3.8) is 0 Å². The first-order valence-corrected chi connectivity index (χ1v) is 8.11. The zero-order chi connectivity index (χ0) is 18.0. The molecule has 2 amide bonds. The van der Waals surface area contributed by atoms with Crippen molar-refractivity contribution in [2.75, 3.05) is 26.1 Å². The van der Waals surface area contributed by atoms with E-state index < -0.39 is 0 Å². The van der Waals surface area contributed by atoms with Crippen molar-refractivity contribution in [2.45, 2.75) is 19.4 Å². The highest BCUT2D eigenvalue weighted by atomic mass is 19.1. The lowest BCUT2D eigenvalue weighted by Gasteiger charge is -2.35. The molecule has 0 bridgehead atoms. The lowest BCUT2D eigenvalue weighted by Crippen LogP contribution is -2.41. The van der Waals surface area contributed by atoms with Crippen LogP contribution >= 0.6 is 0 Å². The number of fused-ring (bicyclic) bond motifs is 1. The number of hydrogen-bond acceptors (Lipinski definition) is 3. The molecule has 0 aliphatic carbocycles. The second kappa shape index (κ2) is 7.01. The fourth-order valence-corrected chi connectivity index (χ4v) is 3.15. The third kappa shape index (κ3) is 3.38. The molecule has 1 heterocycles. The summed E-state index contributed by atoms with van der Waals surface area (Å²) in [6, 6.07) is 9.32. The van der Waals surface area contributed by atoms with Crippen LogP contribution in [0.1, 0.15) is 24.1 Å². The third-order valence-electron chi connectivity index (χ3n) is 4.54. The van der Waals surface area contributed by atoms with Gasteiger partial charge in [0.1, 0.15) is 5.82 Å². The van der Waals surface area contributed by atoms with E-state index in [2.05, 4.69) is 5.32 Å². The molecule has 6 heteroatoms. The van der Waals surface area contributed by atoms with Crippen LogP contribution in [-0.4, -0.2) is 31.7 Å². The summed E-state index contributed by atoms with van der Waals surface area (Å²) in [7, 11) is 3.20. The third-order valence-corrected chi connectivity index (χ3v) is 4.54. The van der Waals surface area contributed by atoms with Crippen LogP contribution in [0, 0.1) is 5.82 Å². The maximum absolute atomic E-state index is 13.0. The molecule has 0 saturated carbocycles. The van der Waals surface area contributed by atoms with Gasteiger partial charge in [0.05, 0.1) is 20.3 Å². The summed E-state index contributed by atoms with van der Waals surface area (Å²) in [6.07, 6.45) is 0.733. The Hall–Kier alpha value is -2.76. The van der Waals surface area contributed by atoms with Crippen LogP contribution in [0.15, 0.2) is 36.4 Å². The summed E-state index contributed by atoms with van der Waals surface area (Å²) in [6.45, 7) is 2.57. The van der Waals surface area contributed by atoms with Crippen molar-refractivity contribution in [3.8, 4) is 11.5 Å². The Kier molecular flexibility index (Phi) is 4.79. The minimum atomic E-state index is -0.334. The fraction of sp³-hybridized carbons (Fsp3) is 0.316. The van der Waals surface area contributed by atoms with Crippen LogP contribution in [-0.2, 0) is 6.42 Å². The molecular weight excluding hydrogens is 323 g/mol. The number of anilines is 1. The average Bonchev–Trinajstić information content (AvgIpc) is 2.62. The van der Waals surface area contributed by atoms with Crippen molar-refractivity contribution in [1.29, 1.82) is 0 Å². The highest BCUT2D eigenvalue weighted by molar-refractivity contribution is 5.89. The van der Waals surface area contributed by atoms with Crippen LogP contribution in [0.25, 0.3) is 0 Å². The maximum Gasteiger partial charge on any atom is 0.322 e. The van der Waals surface area contributed by atoms with Gasteiger partial charge in [-0.2, -0.15) is 0 Å². The zero-order valence-corrected chi connectivity index (χ0v) is 14.5. The Morgan fingerprint density at radius 2 is 1.80 bits per heavy atom. The van der Waals surface area contributed by atoms with Gasteiger partial charge in [-0.3, -0.25) is 0 Å².